The minimum absolute atomic E-state index is 0.202. The number of benzene rings is 1. The number of carboxylic acids is 1. The summed E-state index contributed by atoms with van der Waals surface area (Å²) in [5, 5.41) is 11.3. The van der Waals surface area contributed by atoms with E-state index in [1.807, 2.05) is 0 Å². The average Bonchev–Trinajstić information content (AvgIpc) is 2.50. The van der Waals surface area contributed by atoms with Gasteiger partial charge in [0.05, 0.1) is 11.9 Å². The first-order valence-corrected chi connectivity index (χ1v) is 10.2. The molecule has 0 fully saturated rings. The highest BCUT2D eigenvalue weighted by molar-refractivity contribution is 7.92. The number of hydrogen-bond acceptors (Lipinski definition) is 4. The molecule has 0 radical (unpaired) electrons. The Balaban J connectivity index is 2.38. The maximum atomic E-state index is 12.1. The third-order valence-electron chi connectivity index (χ3n) is 3.65. The lowest BCUT2D eigenvalue weighted by atomic mass is 10.1. The van der Waals surface area contributed by atoms with E-state index in [2.05, 4.69) is 10.0 Å². The predicted molar refractivity (Wildman–Crippen MR) is 97.3 cm³/mol. The number of unbranched alkanes of at least 4 members (excludes halogenated alkanes) is 4. The monoisotopic (exact) mass is 370 g/mol. The Hall–Kier alpha value is -2.09. The molecule has 0 aromatic heterocycles. The minimum atomic E-state index is -3.40. The first-order chi connectivity index (χ1) is 11.7. The molecule has 0 saturated heterocycles. The van der Waals surface area contributed by atoms with E-state index in [0.29, 0.717) is 24.2 Å². The maximum Gasteiger partial charge on any atom is 0.303 e. The quantitative estimate of drug-likeness (QED) is 0.518. The van der Waals surface area contributed by atoms with E-state index in [1.165, 1.54) is 6.07 Å². The number of aliphatic carboxylic acids is 1. The van der Waals surface area contributed by atoms with Crippen LogP contribution < -0.4 is 10.0 Å². The fraction of sp³-hybridized carbons (Fsp3) is 0.529. The molecule has 0 spiro atoms. The molecule has 0 heterocycles. The van der Waals surface area contributed by atoms with E-state index < -0.39 is 16.0 Å². The van der Waals surface area contributed by atoms with Crippen LogP contribution in [0.4, 0.5) is 5.69 Å². The molecule has 1 aromatic carbocycles. The first-order valence-electron chi connectivity index (χ1n) is 8.27. The Bertz CT molecular complexity index is 701. The van der Waals surface area contributed by atoms with Crippen LogP contribution in [0.1, 0.15) is 54.4 Å². The number of carboxylic acid groups (broad SMARTS) is 1. The number of sulfonamides is 1. The smallest absolute Gasteiger partial charge is 0.303 e. The summed E-state index contributed by atoms with van der Waals surface area (Å²) in [6.45, 7) is 2.29. The molecule has 0 aliphatic carbocycles. The molecule has 25 heavy (non-hydrogen) atoms. The molecule has 0 aliphatic rings. The summed E-state index contributed by atoms with van der Waals surface area (Å²) in [6, 6.07) is 4.88. The van der Waals surface area contributed by atoms with E-state index in [1.54, 1.807) is 19.1 Å². The van der Waals surface area contributed by atoms with Crippen molar-refractivity contribution in [1.29, 1.82) is 0 Å². The number of nitrogens with one attached hydrogen (secondary N) is 2. The molecule has 1 rings (SSSR count). The summed E-state index contributed by atoms with van der Waals surface area (Å²) in [4.78, 5) is 22.5. The summed E-state index contributed by atoms with van der Waals surface area (Å²) in [5.74, 6) is -1.02. The van der Waals surface area contributed by atoms with Crippen LogP contribution >= 0.6 is 0 Å². The zero-order valence-corrected chi connectivity index (χ0v) is 15.5. The van der Waals surface area contributed by atoms with Crippen molar-refractivity contribution in [2.24, 2.45) is 0 Å². The number of aryl methyl sites for hydroxylation is 1. The van der Waals surface area contributed by atoms with Crippen LogP contribution in [0.15, 0.2) is 18.2 Å². The number of carbonyl (C=O) groups is 2. The summed E-state index contributed by atoms with van der Waals surface area (Å²) in [7, 11) is -3.40. The van der Waals surface area contributed by atoms with Crippen molar-refractivity contribution in [3.8, 4) is 0 Å². The molecular weight excluding hydrogens is 344 g/mol. The van der Waals surface area contributed by atoms with Crippen molar-refractivity contribution in [3.63, 3.8) is 0 Å². The molecule has 0 unspecified atom stereocenters. The summed E-state index contributed by atoms with van der Waals surface area (Å²) in [6.07, 6.45) is 5.51. The molecule has 1 aromatic rings. The van der Waals surface area contributed by atoms with Gasteiger partial charge in [0.15, 0.2) is 0 Å². The maximum absolute atomic E-state index is 12.1. The molecule has 0 atom stereocenters. The van der Waals surface area contributed by atoms with Crippen molar-refractivity contribution in [2.75, 3.05) is 17.5 Å². The molecule has 0 aliphatic heterocycles. The molecule has 1 amide bonds. The highest BCUT2D eigenvalue weighted by Gasteiger charge is 2.10. The fourth-order valence-electron chi connectivity index (χ4n) is 2.31. The van der Waals surface area contributed by atoms with Gasteiger partial charge in [0.25, 0.3) is 5.91 Å². The Morgan fingerprint density at radius 2 is 1.72 bits per heavy atom. The van der Waals surface area contributed by atoms with Gasteiger partial charge in [-0.15, -0.1) is 0 Å². The third-order valence-corrected chi connectivity index (χ3v) is 4.24. The van der Waals surface area contributed by atoms with E-state index in [0.717, 1.165) is 37.5 Å². The Labute approximate surface area is 148 Å². The molecule has 0 saturated carbocycles. The number of hydrogen-bond donors (Lipinski definition) is 3. The standard InChI is InChI=1S/C17H26N2O5S/c1-13-9-10-14(12-15(13)19-25(2,23)24)17(22)18-11-7-5-3-4-6-8-16(20)21/h9-10,12,19H,3-8,11H2,1-2H3,(H,18,22)(H,20,21). The van der Waals surface area contributed by atoms with Gasteiger partial charge >= 0.3 is 5.97 Å². The average molecular weight is 370 g/mol. The highest BCUT2D eigenvalue weighted by atomic mass is 32.2. The molecule has 140 valence electrons. The van der Waals surface area contributed by atoms with Crippen LogP contribution in [0.25, 0.3) is 0 Å². The molecule has 7 nitrogen and oxygen atoms in total. The van der Waals surface area contributed by atoms with Gasteiger partial charge in [0, 0.05) is 18.5 Å². The second-order valence-corrected chi connectivity index (χ2v) is 7.82. The van der Waals surface area contributed by atoms with E-state index >= 15 is 0 Å². The summed E-state index contributed by atoms with van der Waals surface area (Å²) < 4.78 is 25.1. The summed E-state index contributed by atoms with van der Waals surface area (Å²) in [5.41, 5.74) is 1.54. The number of anilines is 1. The lowest BCUT2D eigenvalue weighted by Crippen LogP contribution is -2.24. The van der Waals surface area contributed by atoms with Crippen molar-refractivity contribution in [1.82, 2.24) is 5.32 Å². The summed E-state index contributed by atoms with van der Waals surface area (Å²) >= 11 is 0. The lowest BCUT2D eigenvalue weighted by molar-refractivity contribution is -0.137. The molecule has 8 heteroatoms. The normalized spacial score (nSPS) is 11.1. The van der Waals surface area contributed by atoms with Gasteiger partial charge in [0.1, 0.15) is 0 Å². The van der Waals surface area contributed by atoms with Gasteiger partial charge in [-0.25, -0.2) is 8.42 Å². The van der Waals surface area contributed by atoms with E-state index in [9.17, 15) is 18.0 Å². The number of rotatable bonds is 11. The highest BCUT2D eigenvalue weighted by Crippen LogP contribution is 2.18. The van der Waals surface area contributed by atoms with Gasteiger partial charge in [-0.2, -0.15) is 0 Å². The fourth-order valence-corrected chi connectivity index (χ4v) is 2.93. The topological polar surface area (TPSA) is 113 Å². The van der Waals surface area contributed by atoms with Crippen LogP contribution in [0.3, 0.4) is 0 Å². The van der Waals surface area contributed by atoms with Crippen LogP contribution in [0, 0.1) is 6.92 Å². The Kier molecular flexibility index (Phi) is 8.40. The Morgan fingerprint density at radius 3 is 2.36 bits per heavy atom. The van der Waals surface area contributed by atoms with Crippen LogP contribution in [0.2, 0.25) is 0 Å². The van der Waals surface area contributed by atoms with E-state index in [4.69, 9.17) is 5.11 Å². The zero-order valence-electron chi connectivity index (χ0n) is 14.7. The second kappa shape index (κ2) is 10.0. The van der Waals surface area contributed by atoms with Gasteiger partial charge in [0.2, 0.25) is 10.0 Å². The van der Waals surface area contributed by atoms with Gasteiger partial charge in [-0.3, -0.25) is 14.3 Å². The van der Waals surface area contributed by atoms with Crippen LogP contribution in [-0.4, -0.2) is 38.2 Å². The van der Waals surface area contributed by atoms with Gasteiger partial charge < -0.3 is 10.4 Å². The second-order valence-electron chi connectivity index (χ2n) is 6.07. The molecule has 3 N–H and O–H groups in total. The van der Waals surface area contributed by atoms with Crippen molar-refractivity contribution in [2.45, 2.75) is 45.4 Å². The molecular formula is C17H26N2O5S. The lowest BCUT2D eigenvalue weighted by Gasteiger charge is -2.10. The van der Waals surface area contributed by atoms with Crippen molar-refractivity contribution in [3.05, 3.63) is 29.3 Å². The minimum Gasteiger partial charge on any atom is -0.481 e. The Morgan fingerprint density at radius 1 is 1.08 bits per heavy atom. The SMILES string of the molecule is Cc1ccc(C(=O)NCCCCCCCC(=O)O)cc1NS(C)(=O)=O. The molecule has 0 bridgehead atoms. The number of carbonyl (C=O) groups excluding carboxylic acids is 1. The van der Waals surface area contributed by atoms with Crippen LogP contribution in [0.5, 0.6) is 0 Å². The van der Waals surface area contributed by atoms with E-state index in [-0.39, 0.29) is 12.3 Å². The number of amides is 1. The van der Waals surface area contributed by atoms with Crippen molar-refractivity contribution < 1.29 is 23.1 Å². The van der Waals surface area contributed by atoms with Gasteiger partial charge in [-0.05, 0) is 37.5 Å². The third kappa shape index (κ3) is 9.09. The first kappa shape index (κ1) is 21.0. The largest absolute Gasteiger partial charge is 0.481 e. The zero-order chi connectivity index (χ0) is 18.9. The van der Waals surface area contributed by atoms with Crippen LogP contribution in [-0.2, 0) is 14.8 Å². The van der Waals surface area contributed by atoms with Crippen molar-refractivity contribution >= 4 is 27.6 Å². The predicted octanol–water partition coefficient (Wildman–Crippen LogP) is 2.52. The van der Waals surface area contributed by atoms with Gasteiger partial charge in [-0.1, -0.05) is 25.3 Å².